The number of halogens is 4. The Morgan fingerprint density at radius 2 is 1.66 bits per heavy atom. The maximum Gasteiger partial charge on any atom is 0.243 e. The van der Waals surface area contributed by atoms with E-state index in [2.05, 4.69) is 5.32 Å². The van der Waals surface area contributed by atoms with Crippen molar-refractivity contribution in [1.29, 1.82) is 0 Å². The first-order valence-electron chi connectivity index (χ1n) is 11.2. The number of hydrogen-bond acceptors (Lipinski definition) is 2. The number of carbonyl (C=O) groups excluding carboxylic acids is 2. The molecule has 0 radical (unpaired) electrons. The summed E-state index contributed by atoms with van der Waals surface area (Å²) in [4.78, 5) is 28.5. The third kappa shape index (κ3) is 7.44. The van der Waals surface area contributed by atoms with Gasteiger partial charge in [0.1, 0.15) is 11.9 Å². The average Bonchev–Trinajstić information content (AvgIpc) is 2.80. The zero-order valence-electron chi connectivity index (χ0n) is 19.4. The normalized spacial score (nSPS) is 11.9. The zero-order valence-corrected chi connectivity index (χ0v) is 21.7. The van der Waals surface area contributed by atoms with Crippen LogP contribution in [0.4, 0.5) is 4.39 Å². The van der Waals surface area contributed by atoms with Crippen molar-refractivity contribution in [3.05, 3.63) is 104 Å². The molecule has 0 saturated carbocycles. The molecular weight excluding hydrogens is 510 g/mol. The van der Waals surface area contributed by atoms with Crippen LogP contribution in [0.1, 0.15) is 30.5 Å². The van der Waals surface area contributed by atoms with E-state index < -0.39 is 17.8 Å². The molecule has 3 rings (SSSR count). The third-order valence-electron chi connectivity index (χ3n) is 5.45. The van der Waals surface area contributed by atoms with Gasteiger partial charge in [0.15, 0.2) is 0 Å². The number of nitrogens with zero attached hydrogens (tertiary/aromatic N) is 1. The van der Waals surface area contributed by atoms with Crippen molar-refractivity contribution >= 4 is 46.6 Å². The molecule has 35 heavy (non-hydrogen) atoms. The van der Waals surface area contributed by atoms with Gasteiger partial charge in [0.25, 0.3) is 0 Å². The van der Waals surface area contributed by atoms with Gasteiger partial charge < -0.3 is 10.2 Å². The SMILES string of the molecule is CC(C)NC(=O)C(Cc1ccccc1)N(Cc1ccc(Cl)cc1Cl)C(=O)Cc1c(F)cccc1Cl. The summed E-state index contributed by atoms with van der Waals surface area (Å²) in [6.45, 7) is 3.72. The van der Waals surface area contributed by atoms with Gasteiger partial charge in [-0.25, -0.2) is 4.39 Å². The van der Waals surface area contributed by atoms with Crippen molar-refractivity contribution in [1.82, 2.24) is 10.2 Å². The molecule has 8 heteroatoms. The molecule has 184 valence electrons. The molecule has 0 aromatic heterocycles. The van der Waals surface area contributed by atoms with Gasteiger partial charge >= 0.3 is 0 Å². The van der Waals surface area contributed by atoms with Gasteiger partial charge in [-0.3, -0.25) is 9.59 Å². The molecule has 0 aliphatic carbocycles. The molecule has 1 N–H and O–H groups in total. The van der Waals surface area contributed by atoms with Crippen molar-refractivity contribution in [2.24, 2.45) is 0 Å². The van der Waals surface area contributed by atoms with Crippen molar-refractivity contribution < 1.29 is 14.0 Å². The monoisotopic (exact) mass is 534 g/mol. The molecule has 1 unspecified atom stereocenters. The van der Waals surface area contributed by atoms with Crippen LogP contribution in [-0.2, 0) is 29.0 Å². The Kier molecular flexibility index (Phi) is 9.55. The molecule has 0 saturated heterocycles. The molecule has 0 bridgehead atoms. The topological polar surface area (TPSA) is 49.4 Å². The number of hydrogen-bond donors (Lipinski definition) is 1. The Labute approximate surface area is 220 Å². The number of carbonyl (C=O) groups is 2. The summed E-state index contributed by atoms with van der Waals surface area (Å²) in [5.41, 5.74) is 1.56. The van der Waals surface area contributed by atoms with Gasteiger partial charge in [0, 0.05) is 39.6 Å². The fourth-order valence-electron chi connectivity index (χ4n) is 3.72. The van der Waals surface area contributed by atoms with Gasteiger partial charge in [-0.2, -0.15) is 0 Å². The summed E-state index contributed by atoms with van der Waals surface area (Å²) in [6, 6.07) is 17.6. The Hall–Kier alpha value is -2.60. The first-order valence-corrected chi connectivity index (χ1v) is 12.3. The van der Waals surface area contributed by atoms with Crippen LogP contribution in [0.3, 0.4) is 0 Å². The quantitative estimate of drug-likeness (QED) is 0.340. The van der Waals surface area contributed by atoms with Crippen LogP contribution in [-0.4, -0.2) is 28.8 Å². The Bertz CT molecular complexity index is 1170. The van der Waals surface area contributed by atoms with Crippen molar-refractivity contribution in [3.8, 4) is 0 Å². The number of rotatable bonds is 9. The number of amides is 2. The summed E-state index contributed by atoms with van der Waals surface area (Å²) in [6.07, 6.45) is -0.0433. The van der Waals surface area contributed by atoms with Crippen LogP contribution in [0.2, 0.25) is 15.1 Å². The van der Waals surface area contributed by atoms with E-state index in [1.54, 1.807) is 18.2 Å². The summed E-state index contributed by atoms with van der Waals surface area (Å²) in [5, 5.41) is 3.87. The smallest absolute Gasteiger partial charge is 0.243 e. The average molecular weight is 536 g/mol. The third-order valence-corrected chi connectivity index (χ3v) is 6.39. The minimum Gasteiger partial charge on any atom is -0.352 e. The molecule has 0 aliphatic rings. The second-order valence-corrected chi connectivity index (χ2v) is 9.75. The van der Waals surface area contributed by atoms with Crippen LogP contribution in [0.25, 0.3) is 0 Å². The predicted molar refractivity (Wildman–Crippen MR) is 139 cm³/mol. The fraction of sp³-hybridized carbons (Fsp3) is 0.259. The molecule has 0 fully saturated rings. The molecule has 0 aliphatic heterocycles. The first kappa shape index (κ1) is 27.0. The van der Waals surface area contributed by atoms with E-state index >= 15 is 0 Å². The standard InChI is InChI=1S/C27H26Cl3FN2O2/c1-17(2)32-27(35)25(13-18-7-4-3-5-8-18)33(16-19-11-12-20(28)14-23(19)30)26(34)15-21-22(29)9-6-10-24(21)31/h3-12,14,17,25H,13,15-16H2,1-2H3,(H,32,35). The zero-order chi connectivity index (χ0) is 25.5. The van der Waals surface area contributed by atoms with Gasteiger partial charge in [-0.05, 0) is 49.2 Å². The van der Waals surface area contributed by atoms with Crippen molar-refractivity contribution in [2.75, 3.05) is 0 Å². The van der Waals surface area contributed by atoms with Crippen LogP contribution < -0.4 is 5.32 Å². The molecule has 2 amide bonds. The highest BCUT2D eigenvalue weighted by molar-refractivity contribution is 6.35. The van der Waals surface area contributed by atoms with E-state index in [1.165, 1.54) is 23.1 Å². The molecule has 0 spiro atoms. The van der Waals surface area contributed by atoms with Gasteiger partial charge in [0.2, 0.25) is 11.8 Å². The lowest BCUT2D eigenvalue weighted by atomic mass is 10.0. The van der Waals surface area contributed by atoms with E-state index in [-0.39, 0.29) is 41.9 Å². The molecular formula is C27H26Cl3FN2O2. The highest BCUT2D eigenvalue weighted by atomic mass is 35.5. The fourth-order valence-corrected chi connectivity index (χ4v) is 4.42. The number of nitrogens with one attached hydrogen (secondary N) is 1. The van der Waals surface area contributed by atoms with Crippen LogP contribution in [0, 0.1) is 5.82 Å². The van der Waals surface area contributed by atoms with Crippen LogP contribution >= 0.6 is 34.8 Å². The first-order chi connectivity index (χ1) is 16.7. The lowest BCUT2D eigenvalue weighted by Crippen LogP contribution is -2.52. The van der Waals surface area contributed by atoms with Crippen LogP contribution in [0.15, 0.2) is 66.7 Å². The molecule has 0 heterocycles. The Morgan fingerprint density at radius 1 is 0.943 bits per heavy atom. The lowest BCUT2D eigenvalue weighted by molar-refractivity contribution is -0.141. The Morgan fingerprint density at radius 3 is 2.29 bits per heavy atom. The van der Waals surface area contributed by atoms with Crippen molar-refractivity contribution in [2.45, 2.75) is 45.3 Å². The summed E-state index contributed by atoms with van der Waals surface area (Å²) in [5.74, 6) is -1.36. The van der Waals surface area contributed by atoms with Gasteiger partial charge in [0.05, 0.1) is 6.42 Å². The highest BCUT2D eigenvalue weighted by Crippen LogP contribution is 2.26. The predicted octanol–water partition coefficient (Wildman–Crippen LogP) is 6.49. The van der Waals surface area contributed by atoms with E-state index in [4.69, 9.17) is 34.8 Å². The summed E-state index contributed by atoms with van der Waals surface area (Å²) in [7, 11) is 0. The summed E-state index contributed by atoms with van der Waals surface area (Å²) < 4.78 is 14.5. The Balaban J connectivity index is 2.04. The second kappa shape index (κ2) is 12.4. The maximum absolute atomic E-state index is 14.5. The van der Waals surface area contributed by atoms with E-state index in [0.717, 1.165) is 5.56 Å². The van der Waals surface area contributed by atoms with Gasteiger partial charge in [-0.15, -0.1) is 0 Å². The van der Waals surface area contributed by atoms with Gasteiger partial charge in [-0.1, -0.05) is 77.3 Å². The molecule has 3 aromatic rings. The van der Waals surface area contributed by atoms with E-state index in [9.17, 15) is 14.0 Å². The molecule has 3 aromatic carbocycles. The summed E-state index contributed by atoms with van der Waals surface area (Å²) >= 11 is 18.7. The minimum absolute atomic E-state index is 0.0317. The lowest BCUT2D eigenvalue weighted by Gasteiger charge is -2.32. The number of benzene rings is 3. The molecule has 1 atom stereocenters. The van der Waals surface area contributed by atoms with E-state index in [1.807, 2.05) is 44.2 Å². The largest absolute Gasteiger partial charge is 0.352 e. The highest BCUT2D eigenvalue weighted by Gasteiger charge is 2.32. The van der Waals surface area contributed by atoms with Crippen LogP contribution in [0.5, 0.6) is 0 Å². The second-order valence-electron chi connectivity index (χ2n) is 8.50. The molecule has 4 nitrogen and oxygen atoms in total. The minimum atomic E-state index is -0.871. The maximum atomic E-state index is 14.5. The van der Waals surface area contributed by atoms with Crippen molar-refractivity contribution in [3.63, 3.8) is 0 Å². The van der Waals surface area contributed by atoms with E-state index in [0.29, 0.717) is 15.6 Å².